The Morgan fingerprint density at radius 3 is 2.61 bits per heavy atom. The van der Waals surface area contributed by atoms with Crippen LogP contribution in [0.5, 0.6) is 0 Å². The molecular formula is C18H26N2O3. The number of ether oxygens (including phenoxy) is 1. The van der Waals surface area contributed by atoms with Crippen LogP contribution in [0.3, 0.4) is 0 Å². The third kappa shape index (κ3) is 4.78. The SMILES string of the molecule is CCOC(=O)CCN(C(=O)c1ccncc1)C1CCCCC1C. The summed E-state index contributed by atoms with van der Waals surface area (Å²) in [6, 6.07) is 3.65. The number of carbonyl (C=O) groups excluding carboxylic acids is 2. The first-order valence-corrected chi connectivity index (χ1v) is 8.50. The first-order chi connectivity index (χ1) is 11.1. The third-order valence-electron chi connectivity index (χ3n) is 4.52. The van der Waals surface area contributed by atoms with Gasteiger partial charge in [-0.25, -0.2) is 0 Å². The molecule has 0 N–H and O–H groups in total. The summed E-state index contributed by atoms with van der Waals surface area (Å²) < 4.78 is 5.01. The molecule has 0 saturated heterocycles. The standard InChI is InChI=1S/C18H26N2O3/c1-3-23-17(21)10-13-20(16-7-5-4-6-14(16)2)18(22)15-8-11-19-12-9-15/h8-9,11-12,14,16H,3-7,10,13H2,1-2H3. The van der Waals surface area contributed by atoms with E-state index < -0.39 is 0 Å². The lowest BCUT2D eigenvalue weighted by molar-refractivity contribution is -0.143. The zero-order chi connectivity index (χ0) is 16.7. The number of carbonyl (C=O) groups is 2. The van der Waals surface area contributed by atoms with Crippen molar-refractivity contribution in [2.24, 2.45) is 5.92 Å². The first-order valence-electron chi connectivity index (χ1n) is 8.50. The molecule has 1 aromatic heterocycles. The molecule has 1 heterocycles. The summed E-state index contributed by atoms with van der Waals surface area (Å²) in [6.07, 6.45) is 7.97. The zero-order valence-corrected chi connectivity index (χ0v) is 14.0. The summed E-state index contributed by atoms with van der Waals surface area (Å²) in [6.45, 7) is 4.77. The van der Waals surface area contributed by atoms with Gasteiger partial charge in [-0.1, -0.05) is 19.8 Å². The second-order valence-corrected chi connectivity index (χ2v) is 6.12. The van der Waals surface area contributed by atoms with Crippen molar-refractivity contribution in [1.29, 1.82) is 0 Å². The Hall–Kier alpha value is -1.91. The van der Waals surface area contributed by atoms with Crippen molar-refractivity contribution in [3.05, 3.63) is 30.1 Å². The summed E-state index contributed by atoms with van der Waals surface area (Å²) in [7, 11) is 0. The van der Waals surface area contributed by atoms with E-state index in [4.69, 9.17) is 4.74 Å². The Morgan fingerprint density at radius 2 is 1.96 bits per heavy atom. The maximum Gasteiger partial charge on any atom is 0.307 e. The van der Waals surface area contributed by atoms with Crippen LogP contribution in [0.1, 0.15) is 56.3 Å². The maximum atomic E-state index is 12.9. The highest BCUT2D eigenvalue weighted by atomic mass is 16.5. The molecule has 0 aromatic carbocycles. The molecule has 2 rings (SSSR count). The molecule has 2 unspecified atom stereocenters. The van der Waals surface area contributed by atoms with Crippen molar-refractivity contribution in [3.63, 3.8) is 0 Å². The van der Waals surface area contributed by atoms with E-state index in [0.717, 1.165) is 19.3 Å². The lowest BCUT2D eigenvalue weighted by Crippen LogP contribution is -2.46. The van der Waals surface area contributed by atoms with Crippen molar-refractivity contribution >= 4 is 11.9 Å². The van der Waals surface area contributed by atoms with E-state index in [1.807, 2.05) is 4.90 Å². The molecule has 0 radical (unpaired) electrons. The predicted octanol–water partition coefficient (Wildman–Crippen LogP) is 3.06. The van der Waals surface area contributed by atoms with Crippen LogP contribution in [0.15, 0.2) is 24.5 Å². The van der Waals surface area contributed by atoms with Gasteiger partial charge in [0, 0.05) is 30.5 Å². The van der Waals surface area contributed by atoms with Gasteiger partial charge in [0.05, 0.1) is 13.0 Å². The van der Waals surface area contributed by atoms with Crippen LogP contribution in [0.4, 0.5) is 0 Å². The molecule has 1 aliphatic rings. The van der Waals surface area contributed by atoms with E-state index in [1.54, 1.807) is 31.5 Å². The molecule has 1 fully saturated rings. The van der Waals surface area contributed by atoms with Crippen LogP contribution >= 0.6 is 0 Å². The summed E-state index contributed by atoms with van der Waals surface area (Å²) in [5.41, 5.74) is 0.627. The minimum Gasteiger partial charge on any atom is -0.466 e. The predicted molar refractivity (Wildman–Crippen MR) is 87.9 cm³/mol. The Balaban J connectivity index is 2.13. The van der Waals surface area contributed by atoms with Gasteiger partial charge in [0.25, 0.3) is 5.91 Å². The molecule has 0 spiro atoms. The molecule has 1 saturated carbocycles. The van der Waals surface area contributed by atoms with E-state index in [0.29, 0.717) is 24.6 Å². The first kappa shape index (κ1) is 17.4. The van der Waals surface area contributed by atoms with Crippen LogP contribution in [0, 0.1) is 5.92 Å². The molecule has 0 aliphatic heterocycles. The molecule has 5 nitrogen and oxygen atoms in total. The number of nitrogens with zero attached hydrogens (tertiary/aromatic N) is 2. The smallest absolute Gasteiger partial charge is 0.307 e. The van der Waals surface area contributed by atoms with Crippen LogP contribution in [-0.4, -0.2) is 41.0 Å². The number of hydrogen-bond acceptors (Lipinski definition) is 4. The number of pyridine rings is 1. The third-order valence-corrected chi connectivity index (χ3v) is 4.52. The van der Waals surface area contributed by atoms with E-state index in [-0.39, 0.29) is 24.3 Å². The van der Waals surface area contributed by atoms with Crippen molar-refractivity contribution in [2.75, 3.05) is 13.2 Å². The molecule has 1 aliphatic carbocycles. The van der Waals surface area contributed by atoms with Crippen LogP contribution < -0.4 is 0 Å². The highest BCUT2D eigenvalue weighted by Gasteiger charge is 2.31. The molecule has 5 heteroatoms. The van der Waals surface area contributed by atoms with Crippen molar-refractivity contribution in [2.45, 2.75) is 52.0 Å². The average molecular weight is 318 g/mol. The van der Waals surface area contributed by atoms with Gasteiger partial charge in [-0.15, -0.1) is 0 Å². The van der Waals surface area contributed by atoms with Gasteiger partial charge in [0.1, 0.15) is 0 Å². The molecule has 23 heavy (non-hydrogen) atoms. The highest BCUT2D eigenvalue weighted by Crippen LogP contribution is 2.29. The average Bonchev–Trinajstić information content (AvgIpc) is 2.57. The summed E-state index contributed by atoms with van der Waals surface area (Å²) in [5, 5.41) is 0. The number of amides is 1. The van der Waals surface area contributed by atoms with Gasteiger partial charge in [-0.05, 0) is 37.8 Å². The second-order valence-electron chi connectivity index (χ2n) is 6.12. The monoisotopic (exact) mass is 318 g/mol. The van der Waals surface area contributed by atoms with Gasteiger partial charge in [-0.3, -0.25) is 14.6 Å². The molecule has 1 aromatic rings. The van der Waals surface area contributed by atoms with Gasteiger partial charge in [0.2, 0.25) is 0 Å². The summed E-state index contributed by atoms with van der Waals surface area (Å²) in [4.78, 5) is 30.4. The quantitative estimate of drug-likeness (QED) is 0.756. The minimum atomic E-state index is -0.247. The van der Waals surface area contributed by atoms with Gasteiger partial charge in [0.15, 0.2) is 0 Å². The van der Waals surface area contributed by atoms with Crippen molar-refractivity contribution < 1.29 is 14.3 Å². The van der Waals surface area contributed by atoms with Crippen LogP contribution in [-0.2, 0) is 9.53 Å². The Bertz CT molecular complexity index is 518. The zero-order valence-electron chi connectivity index (χ0n) is 14.0. The fourth-order valence-corrected chi connectivity index (χ4v) is 3.28. The lowest BCUT2D eigenvalue weighted by Gasteiger charge is -2.38. The van der Waals surface area contributed by atoms with Crippen LogP contribution in [0.2, 0.25) is 0 Å². The van der Waals surface area contributed by atoms with Gasteiger partial charge in [-0.2, -0.15) is 0 Å². The van der Waals surface area contributed by atoms with Crippen molar-refractivity contribution in [3.8, 4) is 0 Å². The maximum absolute atomic E-state index is 12.9. The Labute approximate surface area is 138 Å². The fraction of sp³-hybridized carbons (Fsp3) is 0.611. The number of aromatic nitrogens is 1. The van der Waals surface area contributed by atoms with E-state index in [1.165, 1.54) is 6.42 Å². The van der Waals surface area contributed by atoms with Crippen LogP contribution in [0.25, 0.3) is 0 Å². The molecule has 2 atom stereocenters. The second kappa shape index (κ2) is 8.65. The summed E-state index contributed by atoms with van der Waals surface area (Å²) >= 11 is 0. The molecule has 0 bridgehead atoms. The largest absolute Gasteiger partial charge is 0.466 e. The Morgan fingerprint density at radius 1 is 1.26 bits per heavy atom. The number of esters is 1. The topological polar surface area (TPSA) is 59.5 Å². The van der Waals surface area contributed by atoms with Gasteiger partial charge < -0.3 is 9.64 Å². The number of hydrogen-bond donors (Lipinski definition) is 0. The normalized spacial score (nSPS) is 20.8. The van der Waals surface area contributed by atoms with E-state index in [9.17, 15) is 9.59 Å². The molecule has 126 valence electrons. The van der Waals surface area contributed by atoms with E-state index >= 15 is 0 Å². The number of rotatable bonds is 6. The van der Waals surface area contributed by atoms with Gasteiger partial charge >= 0.3 is 5.97 Å². The highest BCUT2D eigenvalue weighted by molar-refractivity contribution is 5.94. The minimum absolute atomic E-state index is 0.0181. The Kier molecular flexibility index (Phi) is 6.56. The summed E-state index contributed by atoms with van der Waals surface area (Å²) in [5.74, 6) is 0.190. The molecule has 1 amide bonds. The van der Waals surface area contributed by atoms with E-state index in [2.05, 4.69) is 11.9 Å². The van der Waals surface area contributed by atoms with Crippen molar-refractivity contribution in [1.82, 2.24) is 9.88 Å². The molecular weight excluding hydrogens is 292 g/mol. The fourth-order valence-electron chi connectivity index (χ4n) is 3.28. The lowest BCUT2D eigenvalue weighted by atomic mass is 9.84.